The molecule has 0 bridgehead atoms. The van der Waals surface area contributed by atoms with Gasteiger partial charge in [0.15, 0.2) is 6.20 Å². The number of aromatic nitrogens is 1. The smallest absolute Gasteiger partial charge is 0.364 e. The first kappa shape index (κ1) is 13.9. The Morgan fingerprint density at radius 1 is 1.56 bits per heavy atom. The van der Waals surface area contributed by atoms with Gasteiger partial charge in [-0.15, -0.1) is 0 Å². The molecular formula is C11H16N4O3. The Kier molecular flexibility index (Phi) is 4.59. The number of pyridine rings is 1. The number of carbonyl (C=O) groups excluding carboxylic acids is 1. The highest BCUT2D eigenvalue weighted by atomic mass is 16.6. The summed E-state index contributed by atoms with van der Waals surface area (Å²) in [7, 11) is 1.64. The molecule has 0 saturated heterocycles. The number of amides is 1. The average molecular weight is 252 g/mol. The first-order valence-corrected chi connectivity index (χ1v) is 5.65. The summed E-state index contributed by atoms with van der Waals surface area (Å²) < 4.78 is 0. The van der Waals surface area contributed by atoms with Gasteiger partial charge in [-0.2, -0.15) is 0 Å². The van der Waals surface area contributed by atoms with E-state index in [0.29, 0.717) is 18.8 Å². The van der Waals surface area contributed by atoms with Crippen LogP contribution in [0.1, 0.15) is 24.2 Å². The molecule has 7 heteroatoms. The van der Waals surface area contributed by atoms with E-state index in [9.17, 15) is 14.9 Å². The molecule has 1 aromatic rings. The van der Waals surface area contributed by atoms with Crippen molar-refractivity contribution in [2.45, 2.75) is 13.8 Å². The zero-order valence-corrected chi connectivity index (χ0v) is 10.6. The van der Waals surface area contributed by atoms with Crippen LogP contribution in [0.2, 0.25) is 0 Å². The van der Waals surface area contributed by atoms with Crippen molar-refractivity contribution in [3.63, 3.8) is 0 Å². The largest absolute Gasteiger partial charge is 0.382 e. The van der Waals surface area contributed by atoms with Gasteiger partial charge in [-0.3, -0.25) is 4.79 Å². The Balaban J connectivity index is 3.22. The fourth-order valence-corrected chi connectivity index (χ4v) is 1.40. The zero-order valence-electron chi connectivity index (χ0n) is 10.6. The molecule has 0 aromatic carbocycles. The van der Waals surface area contributed by atoms with Crippen LogP contribution in [0.3, 0.4) is 0 Å². The minimum Gasteiger partial charge on any atom is -0.382 e. The van der Waals surface area contributed by atoms with Gasteiger partial charge >= 0.3 is 5.82 Å². The minimum atomic E-state index is -0.613. The summed E-state index contributed by atoms with van der Waals surface area (Å²) in [6.07, 6.45) is 1.32. The molecule has 1 aromatic heterocycles. The predicted octanol–water partition coefficient (Wildman–Crippen LogP) is 1.51. The second-order valence-corrected chi connectivity index (χ2v) is 3.69. The molecule has 0 saturated carbocycles. The minimum absolute atomic E-state index is 0.265. The normalized spacial score (nSPS) is 9.94. The molecule has 1 N–H and O–H groups in total. The number of hydrogen-bond donors (Lipinski definition) is 1. The lowest BCUT2D eigenvalue weighted by Gasteiger charge is -2.16. The van der Waals surface area contributed by atoms with Crippen molar-refractivity contribution in [1.82, 2.24) is 9.88 Å². The zero-order chi connectivity index (χ0) is 13.7. The van der Waals surface area contributed by atoms with Crippen molar-refractivity contribution in [2.24, 2.45) is 0 Å². The highest BCUT2D eigenvalue weighted by Gasteiger charge is 2.20. The molecule has 7 nitrogen and oxygen atoms in total. The van der Waals surface area contributed by atoms with Crippen LogP contribution in [0.15, 0.2) is 12.3 Å². The fraction of sp³-hybridized carbons (Fsp3) is 0.455. The van der Waals surface area contributed by atoms with Crippen molar-refractivity contribution in [3.8, 4) is 0 Å². The summed E-state index contributed by atoms with van der Waals surface area (Å²) in [4.78, 5) is 27.3. The lowest BCUT2D eigenvalue weighted by molar-refractivity contribution is -0.389. The van der Waals surface area contributed by atoms with Crippen LogP contribution >= 0.6 is 0 Å². The fourth-order valence-electron chi connectivity index (χ4n) is 1.40. The summed E-state index contributed by atoms with van der Waals surface area (Å²) in [5.74, 6) is -0.594. The molecule has 18 heavy (non-hydrogen) atoms. The summed E-state index contributed by atoms with van der Waals surface area (Å²) in [5, 5.41) is 13.7. The van der Waals surface area contributed by atoms with Crippen molar-refractivity contribution < 1.29 is 9.72 Å². The number of rotatable bonds is 5. The maximum absolute atomic E-state index is 12.1. The monoisotopic (exact) mass is 252 g/mol. The van der Waals surface area contributed by atoms with Crippen LogP contribution in [0, 0.1) is 10.1 Å². The van der Waals surface area contributed by atoms with Gasteiger partial charge < -0.3 is 20.3 Å². The third-order valence-electron chi connectivity index (χ3n) is 2.50. The van der Waals surface area contributed by atoms with E-state index in [0.717, 1.165) is 0 Å². The number of carbonyl (C=O) groups is 1. The van der Waals surface area contributed by atoms with E-state index in [1.54, 1.807) is 7.05 Å². The first-order chi connectivity index (χ1) is 8.51. The second-order valence-electron chi connectivity index (χ2n) is 3.69. The number of nitrogens with one attached hydrogen (secondary N) is 1. The van der Waals surface area contributed by atoms with Crippen LogP contribution < -0.4 is 5.32 Å². The molecule has 0 fully saturated rings. The van der Waals surface area contributed by atoms with Gasteiger partial charge in [0, 0.05) is 20.1 Å². The molecule has 1 rings (SSSR count). The van der Waals surface area contributed by atoms with Gasteiger partial charge in [0.25, 0.3) is 5.91 Å². The molecule has 0 aliphatic rings. The molecule has 0 aliphatic heterocycles. The Bertz CT molecular complexity index is 462. The summed E-state index contributed by atoms with van der Waals surface area (Å²) in [5.41, 5.74) is 0.774. The van der Waals surface area contributed by atoms with Gasteiger partial charge in [0.1, 0.15) is 0 Å². The standard InChI is InChI=1S/C11H16N4O3/c1-4-12-9-7-13-10(15(17)18)6-8(9)11(16)14(3)5-2/h6-7,12H,4-5H2,1-3H3. The van der Waals surface area contributed by atoms with Crippen LogP contribution in [-0.4, -0.2) is 40.9 Å². The lowest BCUT2D eigenvalue weighted by Crippen LogP contribution is -2.27. The molecule has 0 radical (unpaired) electrons. The highest BCUT2D eigenvalue weighted by molar-refractivity contribution is 5.99. The van der Waals surface area contributed by atoms with Gasteiger partial charge in [-0.05, 0) is 23.8 Å². The summed E-state index contributed by atoms with van der Waals surface area (Å²) >= 11 is 0. The summed E-state index contributed by atoms with van der Waals surface area (Å²) in [6.45, 7) is 4.84. The molecule has 0 atom stereocenters. The van der Waals surface area contributed by atoms with Crippen LogP contribution in [0.5, 0.6) is 0 Å². The van der Waals surface area contributed by atoms with E-state index >= 15 is 0 Å². The SMILES string of the molecule is CCNc1cnc([N+](=O)[O-])cc1C(=O)N(C)CC. The maximum atomic E-state index is 12.1. The molecule has 0 unspecified atom stereocenters. The molecular weight excluding hydrogens is 236 g/mol. The quantitative estimate of drug-likeness (QED) is 0.634. The van der Waals surface area contributed by atoms with E-state index in [-0.39, 0.29) is 17.3 Å². The van der Waals surface area contributed by atoms with E-state index in [1.807, 2.05) is 13.8 Å². The molecule has 1 heterocycles. The maximum Gasteiger partial charge on any atom is 0.364 e. The number of nitrogens with zero attached hydrogens (tertiary/aromatic N) is 3. The third kappa shape index (κ3) is 2.93. The van der Waals surface area contributed by atoms with E-state index < -0.39 is 4.92 Å². The molecule has 1 amide bonds. The van der Waals surface area contributed by atoms with E-state index in [4.69, 9.17) is 0 Å². The Labute approximate surface area is 105 Å². The molecule has 0 aliphatic carbocycles. The predicted molar refractivity (Wildman–Crippen MR) is 67.7 cm³/mol. The van der Waals surface area contributed by atoms with Crippen LogP contribution in [0.4, 0.5) is 11.5 Å². The van der Waals surface area contributed by atoms with Gasteiger partial charge in [-0.1, -0.05) is 0 Å². The molecule has 0 spiro atoms. The van der Waals surface area contributed by atoms with Crippen molar-refractivity contribution >= 4 is 17.4 Å². The first-order valence-electron chi connectivity index (χ1n) is 5.65. The molecule has 98 valence electrons. The van der Waals surface area contributed by atoms with Crippen LogP contribution in [-0.2, 0) is 0 Å². The van der Waals surface area contributed by atoms with Crippen molar-refractivity contribution in [3.05, 3.63) is 27.9 Å². The van der Waals surface area contributed by atoms with E-state index in [2.05, 4.69) is 10.3 Å². The highest BCUT2D eigenvalue weighted by Crippen LogP contribution is 2.20. The van der Waals surface area contributed by atoms with Crippen LogP contribution in [0.25, 0.3) is 0 Å². The van der Waals surface area contributed by atoms with Gasteiger partial charge in [0.05, 0.1) is 17.3 Å². The topological polar surface area (TPSA) is 88.4 Å². The van der Waals surface area contributed by atoms with E-state index in [1.165, 1.54) is 17.2 Å². The number of nitro groups is 1. The van der Waals surface area contributed by atoms with Gasteiger partial charge in [0.2, 0.25) is 0 Å². The lowest BCUT2D eigenvalue weighted by atomic mass is 10.2. The van der Waals surface area contributed by atoms with Crippen molar-refractivity contribution in [1.29, 1.82) is 0 Å². The summed E-state index contributed by atoms with van der Waals surface area (Å²) in [6, 6.07) is 1.20. The Morgan fingerprint density at radius 3 is 2.72 bits per heavy atom. The Morgan fingerprint density at radius 2 is 2.22 bits per heavy atom. The second kappa shape index (κ2) is 5.95. The Hall–Kier alpha value is -2.18. The third-order valence-corrected chi connectivity index (χ3v) is 2.50. The average Bonchev–Trinajstić information content (AvgIpc) is 2.37. The van der Waals surface area contributed by atoms with Gasteiger partial charge in [-0.25, -0.2) is 0 Å². The number of anilines is 1. The number of hydrogen-bond acceptors (Lipinski definition) is 5. The van der Waals surface area contributed by atoms with Crippen molar-refractivity contribution in [2.75, 3.05) is 25.5 Å².